The van der Waals surface area contributed by atoms with Crippen LogP contribution in [0.4, 0.5) is 5.69 Å². The normalized spacial score (nSPS) is 12.1. The van der Waals surface area contributed by atoms with E-state index in [1.807, 2.05) is 0 Å². The van der Waals surface area contributed by atoms with E-state index in [-0.39, 0.29) is 5.75 Å². The molecule has 1 aromatic heterocycles. The number of fused-ring (bicyclic) bond motifs is 1. The maximum Gasteiger partial charge on any atom is 0.154 e. The van der Waals surface area contributed by atoms with Gasteiger partial charge in [-0.15, -0.1) is 0 Å². The number of anilines is 1. The van der Waals surface area contributed by atoms with Crippen LogP contribution >= 0.6 is 0 Å². The van der Waals surface area contributed by atoms with Crippen LogP contribution in [-0.4, -0.2) is 14.7 Å². The van der Waals surface area contributed by atoms with Gasteiger partial charge in [0, 0.05) is 17.3 Å². The molecule has 0 saturated heterocycles. The summed E-state index contributed by atoms with van der Waals surface area (Å²) in [6.45, 7) is 0. The molecule has 2 rings (SSSR count). The number of hydrogen-bond acceptors (Lipinski definition) is 4. The van der Waals surface area contributed by atoms with Crippen molar-refractivity contribution < 1.29 is 12.8 Å². The predicted octanol–water partition coefficient (Wildman–Crippen LogP) is 1.56. The average Bonchev–Trinajstić information content (AvgIpc) is 2.45. The number of nitrogens with two attached hydrogens (primary N) is 1. The third-order valence-corrected chi connectivity index (χ3v) is 2.86. The van der Waals surface area contributed by atoms with E-state index in [4.69, 9.17) is 10.2 Å². The Morgan fingerprint density at radius 2 is 2.13 bits per heavy atom. The van der Waals surface area contributed by atoms with E-state index in [0.717, 1.165) is 5.39 Å². The van der Waals surface area contributed by atoms with Gasteiger partial charge in [-0.3, -0.25) is 0 Å². The molecule has 0 amide bonds. The monoisotopic (exact) mass is 225 g/mol. The van der Waals surface area contributed by atoms with Crippen LogP contribution in [0.15, 0.2) is 28.7 Å². The number of hydrogen-bond donors (Lipinski definition) is 1. The van der Waals surface area contributed by atoms with E-state index in [1.165, 1.54) is 6.26 Å². The van der Waals surface area contributed by atoms with Gasteiger partial charge in [-0.1, -0.05) is 6.07 Å². The summed E-state index contributed by atoms with van der Waals surface area (Å²) in [5.74, 6) is 0.326. The molecule has 0 aliphatic heterocycles. The lowest BCUT2D eigenvalue weighted by atomic mass is 10.2. The SMILES string of the molecule is CS(=O)(=O)Cc1cc2c(N)cccc2o1. The van der Waals surface area contributed by atoms with E-state index in [0.29, 0.717) is 17.0 Å². The Morgan fingerprint density at radius 1 is 1.40 bits per heavy atom. The van der Waals surface area contributed by atoms with Gasteiger partial charge in [-0.25, -0.2) is 8.42 Å². The van der Waals surface area contributed by atoms with Gasteiger partial charge in [-0.05, 0) is 18.2 Å². The van der Waals surface area contributed by atoms with Crippen molar-refractivity contribution in [3.8, 4) is 0 Å². The van der Waals surface area contributed by atoms with E-state index in [2.05, 4.69) is 0 Å². The van der Waals surface area contributed by atoms with Crippen molar-refractivity contribution in [2.24, 2.45) is 0 Å². The quantitative estimate of drug-likeness (QED) is 0.787. The van der Waals surface area contributed by atoms with Crippen molar-refractivity contribution in [1.29, 1.82) is 0 Å². The third-order valence-electron chi connectivity index (χ3n) is 2.05. The van der Waals surface area contributed by atoms with Gasteiger partial charge in [0.05, 0.1) is 0 Å². The predicted molar refractivity (Wildman–Crippen MR) is 59.2 cm³/mol. The van der Waals surface area contributed by atoms with E-state index < -0.39 is 9.84 Å². The third kappa shape index (κ3) is 2.12. The van der Waals surface area contributed by atoms with Crippen LogP contribution in [0.1, 0.15) is 5.76 Å². The fourth-order valence-corrected chi connectivity index (χ4v) is 2.12. The maximum atomic E-state index is 11.1. The summed E-state index contributed by atoms with van der Waals surface area (Å²) in [6, 6.07) is 6.96. The highest BCUT2D eigenvalue weighted by Gasteiger charge is 2.11. The smallest absolute Gasteiger partial charge is 0.154 e. The van der Waals surface area contributed by atoms with Crippen LogP contribution in [0.25, 0.3) is 11.0 Å². The van der Waals surface area contributed by atoms with Crippen LogP contribution < -0.4 is 5.73 Å². The molecular formula is C10H11NO3S. The van der Waals surface area contributed by atoms with Crippen molar-refractivity contribution in [2.75, 3.05) is 12.0 Å². The molecule has 2 aromatic rings. The lowest BCUT2D eigenvalue weighted by molar-refractivity contribution is 0.557. The van der Waals surface area contributed by atoms with E-state index in [9.17, 15) is 8.42 Å². The van der Waals surface area contributed by atoms with Crippen molar-refractivity contribution in [1.82, 2.24) is 0 Å². The van der Waals surface area contributed by atoms with Gasteiger partial charge >= 0.3 is 0 Å². The first-order valence-electron chi connectivity index (χ1n) is 4.40. The second kappa shape index (κ2) is 3.27. The molecule has 15 heavy (non-hydrogen) atoms. The van der Waals surface area contributed by atoms with Crippen LogP contribution in [0.3, 0.4) is 0 Å². The largest absolute Gasteiger partial charge is 0.460 e. The van der Waals surface area contributed by atoms with Crippen molar-refractivity contribution in [3.05, 3.63) is 30.0 Å². The zero-order chi connectivity index (χ0) is 11.1. The molecule has 1 heterocycles. The molecule has 1 aromatic carbocycles. The van der Waals surface area contributed by atoms with Crippen LogP contribution in [0, 0.1) is 0 Å². The molecule has 2 N–H and O–H groups in total. The number of nitrogen functional groups attached to an aromatic ring is 1. The van der Waals surface area contributed by atoms with Gasteiger partial charge in [-0.2, -0.15) is 0 Å². The number of sulfone groups is 1. The van der Waals surface area contributed by atoms with Gasteiger partial charge in [0.15, 0.2) is 9.84 Å². The summed E-state index contributed by atoms with van der Waals surface area (Å²) in [5.41, 5.74) is 6.94. The molecule has 0 atom stereocenters. The Balaban J connectivity index is 2.53. The van der Waals surface area contributed by atoms with Gasteiger partial charge < -0.3 is 10.2 Å². The number of benzene rings is 1. The molecule has 0 unspecified atom stereocenters. The molecule has 0 aliphatic carbocycles. The zero-order valence-corrected chi connectivity index (χ0v) is 9.04. The lowest BCUT2D eigenvalue weighted by Gasteiger charge is -1.91. The Kier molecular flexibility index (Phi) is 2.19. The molecule has 80 valence electrons. The Morgan fingerprint density at radius 3 is 2.73 bits per heavy atom. The van der Waals surface area contributed by atoms with Crippen LogP contribution in [-0.2, 0) is 15.6 Å². The summed E-state index contributed by atoms with van der Waals surface area (Å²) < 4.78 is 27.5. The lowest BCUT2D eigenvalue weighted by Crippen LogP contribution is -1.98. The molecule has 5 heteroatoms. The van der Waals surface area contributed by atoms with Crippen LogP contribution in [0.5, 0.6) is 0 Å². The highest BCUT2D eigenvalue weighted by molar-refractivity contribution is 7.89. The summed E-state index contributed by atoms with van der Waals surface area (Å²) >= 11 is 0. The summed E-state index contributed by atoms with van der Waals surface area (Å²) in [5, 5.41) is 0.760. The first-order chi connectivity index (χ1) is 6.96. The highest BCUT2D eigenvalue weighted by atomic mass is 32.2. The molecule has 0 saturated carbocycles. The molecule has 0 spiro atoms. The van der Waals surface area contributed by atoms with E-state index >= 15 is 0 Å². The number of furan rings is 1. The summed E-state index contributed by atoms with van der Waals surface area (Å²) in [4.78, 5) is 0. The van der Waals surface area contributed by atoms with Gasteiger partial charge in [0.2, 0.25) is 0 Å². The minimum Gasteiger partial charge on any atom is -0.460 e. The Bertz CT molecular complexity index is 598. The number of rotatable bonds is 2. The molecule has 0 aliphatic rings. The van der Waals surface area contributed by atoms with Gasteiger partial charge in [0.25, 0.3) is 0 Å². The van der Waals surface area contributed by atoms with Crippen molar-refractivity contribution >= 4 is 26.5 Å². The zero-order valence-electron chi connectivity index (χ0n) is 8.23. The summed E-state index contributed by atoms with van der Waals surface area (Å²) in [7, 11) is -3.07. The molecule has 4 nitrogen and oxygen atoms in total. The van der Waals surface area contributed by atoms with E-state index in [1.54, 1.807) is 24.3 Å². The Labute approximate surface area is 87.6 Å². The van der Waals surface area contributed by atoms with Crippen molar-refractivity contribution in [2.45, 2.75) is 5.75 Å². The second-order valence-electron chi connectivity index (χ2n) is 3.54. The molecule has 0 radical (unpaired) electrons. The molecule has 0 fully saturated rings. The fraction of sp³-hybridized carbons (Fsp3) is 0.200. The Hall–Kier alpha value is -1.49. The highest BCUT2D eigenvalue weighted by Crippen LogP contribution is 2.25. The minimum atomic E-state index is -3.07. The molecular weight excluding hydrogens is 214 g/mol. The first kappa shape index (κ1) is 10.0. The van der Waals surface area contributed by atoms with Gasteiger partial charge in [0.1, 0.15) is 17.1 Å². The summed E-state index contributed by atoms with van der Waals surface area (Å²) in [6.07, 6.45) is 1.17. The first-order valence-corrected chi connectivity index (χ1v) is 6.46. The topological polar surface area (TPSA) is 73.3 Å². The standard InChI is InChI=1S/C10H11NO3S/c1-15(12,13)6-7-5-8-9(11)3-2-4-10(8)14-7/h2-5H,6,11H2,1H3. The van der Waals surface area contributed by atoms with Crippen molar-refractivity contribution in [3.63, 3.8) is 0 Å². The second-order valence-corrected chi connectivity index (χ2v) is 5.68. The minimum absolute atomic E-state index is 0.0961. The maximum absolute atomic E-state index is 11.1. The fourth-order valence-electron chi connectivity index (χ4n) is 1.47. The molecule has 0 bridgehead atoms. The van der Waals surface area contributed by atoms with Crippen LogP contribution in [0.2, 0.25) is 0 Å². The average molecular weight is 225 g/mol.